The monoisotopic (exact) mass is 223 g/mol. The fraction of sp³-hybridized carbons (Fsp3) is 0.125. The average Bonchev–Trinajstić information content (AvgIpc) is 2.10. The molecule has 0 saturated heterocycles. The number of carbonyl (C=O) groups excluding carboxylic acids is 1. The Morgan fingerprint density at radius 1 is 1.21 bits per heavy atom. The molecule has 76 valence electrons. The molecule has 1 aromatic rings. The molecule has 0 fully saturated rings. The first kappa shape index (κ1) is 10.8. The zero-order valence-electron chi connectivity index (χ0n) is 6.73. The smallest absolute Gasteiger partial charge is 0.240 e. The van der Waals surface area contributed by atoms with Gasteiger partial charge in [-0.1, -0.05) is 0 Å². The Hall–Kier alpha value is -1.23. The molecule has 14 heavy (non-hydrogen) atoms. The molecule has 0 aliphatic heterocycles. The molecule has 0 heterocycles. The van der Waals surface area contributed by atoms with Crippen LogP contribution in [0.1, 0.15) is 10.9 Å². The minimum atomic E-state index is -1.51. The minimum Gasteiger partial charge on any atom is -0.368 e. The van der Waals surface area contributed by atoms with Gasteiger partial charge in [0.25, 0.3) is 0 Å². The summed E-state index contributed by atoms with van der Waals surface area (Å²) in [6, 6.07) is 0.816. The van der Waals surface area contributed by atoms with Crippen LogP contribution >= 0.6 is 11.6 Å². The number of hydrogen-bond donors (Lipinski definition) is 1. The maximum atomic E-state index is 12.9. The highest BCUT2D eigenvalue weighted by Crippen LogP contribution is 2.24. The van der Waals surface area contributed by atoms with Crippen LogP contribution in [-0.2, 0) is 4.79 Å². The van der Waals surface area contributed by atoms with E-state index in [1.165, 1.54) is 0 Å². The highest BCUT2D eigenvalue weighted by molar-refractivity contribution is 6.30. The number of primary amides is 1. The lowest BCUT2D eigenvalue weighted by molar-refractivity contribution is -0.117. The van der Waals surface area contributed by atoms with Crippen molar-refractivity contribution in [2.75, 3.05) is 0 Å². The van der Waals surface area contributed by atoms with Crippen molar-refractivity contribution >= 4 is 17.5 Å². The van der Waals surface area contributed by atoms with E-state index < -0.39 is 34.3 Å². The normalized spacial score (nSPS) is 12.6. The van der Waals surface area contributed by atoms with E-state index in [-0.39, 0.29) is 0 Å². The van der Waals surface area contributed by atoms with Crippen molar-refractivity contribution in [3.05, 3.63) is 35.1 Å². The zero-order chi connectivity index (χ0) is 10.9. The summed E-state index contributed by atoms with van der Waals surface area (Å²) >= 11 is 5.37. The van der Waals surface area contributed by atoms with Gasteiger partial charge in [0.15, 0.2) is 11.6 Å². The number of carbonyl (C=O) groups is 1. The second-order valence-corrected chi connectivity index (χ2v) is 2.99. The Bertz CT molecular complexity index is 383. The van der Waals surface area contributed by atoms with Gasteiger partial charge in [0.1, 0.15) is 11.2 Å². The van der Waals surface area contributed by atoms with E-state index in [0.29, 0.717) is 12.1 Å². The lowest BCUT2D eigenvalue weighted by Crippen LogP contribution is -2.18. The van der Waals surface area contributed by atoms with Crippen LogP contribution < -0.4 is 5.73 Å². The number of hydrogen-bond acceptors (Lipinski definition) is 1. The summed E-state index contributed by atoms with van der Waals surface area (Å²) in [6.07, 6.45) is 0. The molecule has 1 amide bonds. The van der Waals surface area contributed by atoms with Crippen molar-refractivity contribution in [2.45, 2.75) is 5.38 Å². The molecule has 2 N–H and O–H groups in total. The van der Waals surface area contributed by atoms with Crippen molar-refractivity contribution in [1.29, 1.82) is 0 Å². The number of amides is 1. The van der Waals surface area contributed by atoms with Gasteiger partial charge in [-0.05, 0) is 6.07 Å². The van der Waals surface area contributed by atoms with Crippen molar-refractivity contribution in [1.82, 2.24) is 0 Å². The topological polar surface area (TPSA) is 43.1 Å². The third-order valence-corrected chi connectivity index (χ3v) is 2.01. The minimum absolute atomic E-state index is 0.309. The summed E-state index contributed by atoms with van der Waals surface area (Å²) in [5.41, 5.74) is 4.30. The molecule has 0 spiro atoms. The van der Waals surface area contributed by atoms with E-state index in [1.54, 1.807) is 0 Å². The standard InChI is InChI=1S/C8H5ClF3NO/c9-7(8(13)14)3-1-5(11)6(12)2-4(3)10/h1-2,7H,(H2,13,14). The highest BCUT2D eigenvalue weighted by atomic mass is 35.5. The maximum Gasteiger partial charge on any atom is 0.240 e. The van der Waals surface area contributed by atoms with Gasteiger partial charge >= 0.3 is 0 Å². The van der Waals surface area contributed by atoms with E-state index in [4.69, 9.17) is 17.3 Å². The summed E-state index contributed by atoms with van der Waals surface area (Å²) in [6.45, 7) is 0. The summed E-state index contributed by atoms with van der Waals surface area (Å²) in [4.78, 5) is 10.6. The predicted molar refractivity (Wildman–Crippen MR) is 44.1 cm³/mol. The lowest BCUT2D eigenvalue weighted by atomic mass is 10.1. The Morgan fingerprint density at radius 3 is 2.21 bits per heavy atom. The van der Waals surface area contributed by atoms with Gasteiger partial charge in [-0.2, -0.15) is 0 Å². The molecule has 1 aromatic carbocycles. The third kappa shape index (κ3) is 1.98. The second kappa shape index (κ2) is 3.88. The molecule has 0 aromatic heterocycles. The van der Waals surface area contributed by atoms with Crippen molar-refractivity contribution in [3.8, 4) is 0 Å². The quantitative estimate of drug-likeness (QED) is 0.604. The van der Waals surface area contributed by atoms with Crippen LogP contribution in [0.25, 0.3) is 0 Å². The molecule has 1 unspecified atom stereocenters. The molecular formula is C8H5ClF3NO. The van der Waals surface area contributed by atoms with Crippen LogP contribution in [0.3, 0.4) is 0 Å². The van der Waals surface area contributed by atoms with Crippen LogP contribution in [0.2, 0.25) is 0 Å². The van der Waals surface area contributed by atoms with E-state index >= 15 is 0 Å². The van der Waals surface area contributed by atoms with Gasteiger partial charge < -0.3 is 5.73 Å². The average molecular weight is 224 g/mol. The fourth-order valence-electron chi connectivity index (χ4n) is 0.885. The molecule has 0 saturated carbocycles. The Balaban J connectivity index is 3.22. The summed E-state index contributed by atoms with van der Waals surface area (Å²) in [5, 5.41) is -1.51. The van der Waals surface area contributed by atoms with E-state index in [1.807, 2.05) is 0 Å². The number of halogens is 4. The maximum absolute atomic E-state index is 12.9. The van der Waals surface area contributed by atoms with Crippen LogP contribution in [0.5, 0.6) is 0 Å². The molecule has 2 nitrogen and oxygen atoms in total. The van der Waals surface area contributed by atoms with Crippen LogP contribution in [-0.4, -0.2) is 5.91 Å². The highest BCUT2D eigenvalue weighted by Gasteiger charge is 2.20. The fourth-order valence-corrected chi connectivity index (χ4v) is 1.05. The van der Waals surface area contributed by atoms with Crippen LogP contribution in [0, 0.1) is 17.5 Å². The van der Waals surface area contributed by atoms with E-state index in [0.717, 1.165) is 0 Å². The van der Waals surface area contributed by atoms with E-state index in [9.17, 15) is 18.0 Å². The predicted octanol–water partition coefficient (Wildman–Crippen LogP) is 1.87. The summed E-state index contributed by atoms with van der Waals surface area (Å²) < 4.78 is 38.0. The van der Waals surface area contributed by atoms with Crippen molar-refractivity contribution in [3.63, 3.8) is 0 Å². The first-order chi connectivity index (χ1) is 6.43. The lowest BCUT2D eigenvalue weighted by Gasteiger charge is -2.07. The zero-order valence-corrected chi connectivity index (χ0v) is 7.49. The first-order valence-electron chi connectivity index (χ1n) is 3.51. The molecule has 0 aliphatic rings. The number of alkyl halides is 1. The summed E-state index contributed by atoms with van der Waals surface area (Å²) in [5.74, 6) is -4.77. The molecule has 0 bridgehead atoms. The Labute approximate surface area is 82.5 Å². The van der Waals surface area contributed by atoms with Crippen molar-refractivity contribution < 1.29 is 18.0 Å². The molecule has 0 radical (unpaired) electrons. The Kier molecular flexibility index (Phi) is 3.00. The molecule has 0 aliphatic carbocycles. The first-order valence-corrected chi connectivity index (χ1v) is 3.95. The second-order valence-electron chi connectivity index (χ2n) is 2.55. The molecule has 1 atom stereocenters. The van der Waals surface area contributed by atoms with Gasteiger partial charge in [-0.25, -0.2) is 13.2 Å². The van der Waals surface area contributed by atoms with E-state index in [2.05, 4.69) is 0 Å². The van der Waals surface area contributed by atoms with Crippen LogP contribution in [0.4, 0.5) is 13.2 Å². The van der Waals surface area contributed by atoms with Crippen LogP contribution in [0.15, 0.2) is 12.1 Å². The summed E-state index contributed by atoms with van der Waals surface area (Å²) in [7, 11) is 0. The van der Waals surface area contributed by atoms with Gasteiger partial charge in [-0.3, -0.25) is 4.79 Å². The van der Waals surface area contributed by atoms with Crippen molar-refractivity contribution in [2.24, 2.45) is 5.73 Å². The van der Waals surface area contributed by atoms with Gasteiger partial charge in [0.05, 0.1) is 0 Å². The number of benzene rings is 1. The number of rotatable bonds is 2. The van der Waals surface area contributed by atoms with Gasteiger partial charge in [-0.15, -0.1) is 11.6 Å². The SMILES string of the molecule is NC(=O)C(Cl)c1cc(F)c(F)cc1F. The largest absolute Gasteiger partial charge is 0.368 e. The third-order valence-electron chi connectivity index (χ3n) is 1.56. The number of nitrogens with two attached hydrogens (primary N) is 1. The van der Waals surface area contributed by atoms with Gasteiger partial charge in [0, 0.05) is 11.6 Å². The van der Waals surface area contributed by atoms with Gasteiger partial charge in [0.2, 0.25) is 5.91 Å². The molecular weight excluding hydrogens is 219 g/mol. The Morgan fingerprint density at radius 2 is 1.71 bits per heavy atom. The molecule has 6 heteroatoms. The molecule has 1 rings (SSSR count).